The van der Waals surface area contributed by atoms with Gasteiger partial charge in [-0.05, 0) is 30.4 Å². The summed E-state index contributed by atoms with van der Waals surface area (Å²) in [4.78, 5) is 41.2. The number of nitro groups is 1. The number of nitrogens with zero attached hydrogens (tertiary/aromatic N) is 2. The van der Waals surface area contributed by atoms with Crippen molar-refractivity contribution in [3.63, 3.8) is 0 Å². The first-order valence-electron chi connectivity index (χ1n) is 12.3. The molecule has 37 heavy (non-hydrogen) atoms. The minimum Gasteiger partial charge on any atom is -0.450 e. The van der Waals surface area contributed by atoms with Gasteiger partial charge in [-0.2, -0.15) is 0 Å². The fraction of sp³-hybridized carbons (Fsp3) is 0.370. The third kappa shape index (κ3) is 8.68. The average molecular weight is 525 g/mol. The highest BCUT2D eigenvalue weighted by atomic mass is 32.1. The average Bonchev–Trinajstić information content (AvgIpc) is 3.38. The van der Waals surface area contributed by atoms with Gasteiger partial charge in [0, 0.05) is 23.9 Å². The molecule has 10 heteroatoms. The first-order valence-corrected chi connectivity index (χ1v) is 13.2. The van der Waals surface area contributed by atoms with E-state index in [0.717, 1.165) is 41.1 Å². The summed E-state index contributed by atoms with van der Waals surface area (Å²) in [5, 5.41) is 19.5. The number of amides is 2. The van der Waals surface area contributed by atoms with Crippen LogP contribution in [0.5, 0.6) is 0 Å². The van der Waals surface area contributed by atoms with Crippen LogP contribution >= 0.6 is 11.3 Å². The van der Waals surface area contributed by atoms with Crippen LogP contribution in [0, 0.1) is 10.1 Å². The standard InChI is InChI=1S/C27H32N4O5S/c1-3-5-15-36-27(33)30-23(16-19-9-7-6-8-10-19)25(32)29-24(26-28-21(4-2)18-37-26)17-20-11-13-22(14-12-20)31(34)35/h6-14,18,23-24H,3-5,15-17H2,1-2H3,(H,29,32)(H,30,33)/t23-,24-/m0/s1. The second-order valence-corrected chi connectivity index (χ2v) is 9.49. The highest BCUT2D eigenvalue weighted by molar-refractivity contribution is 7.09. The molecular weight excluding hydrogens is 492 g/mol. The molecule has 0 aliphatic heterocycles. The number of non-ortho nitro benzene ring substituents is 1. The molecule has 0 spiro atoms. The van der Waals surface area contributed by atoms with E-state index in [1.54, 1.807) is 12.1 Å². The van der Waals surface area contributed by atoms with Crippen molar-refractivity contribution >= 4 is 29.0 Å². The van der Waals surface area contributed by atoms with Crippen LogP contribution < -0.4 is 10.6 Å². The zero-order chi connectivity index (χ0) is 26.6. The number of aryl methyl sites for hydroxylation is 1. The topological polar surface area (TPSA) is 123 Å². The highest BCUT2D eigenvalue weighted by Crippen LogP contribution is 2.24. The summed E-state index contributed by atoms with van der Waals surface area (Å²) in [7, 11) is 0. The van der Waals surface area contributed by atoms with Gasteiger partial charge in [0.05, 0.1) is 23.3 Å². The molecule has 1 aromatic heterocycles. The Morgan fingerprint density at radius 2 is 1.73 bits per heavy atom. The van der Waals surface area contributed by atoms with E-state index < -0.39 is 23.1 Å². The fourth-order valence-corrected chi connectivity index (χ4v) is 4.61. The Morgan fingerprint density at radius 3 is 2.35 bits per heavy atom. The van der Waals surface area contributed by atoms with Crippen LogP contribution in [-0.4, -0.2) is 34.6 Å². The number of hydrogen-bond donors (Lipinski definition) is 2. The van der Waals surface area contributed by atoms with Crippen LogP contribution in [0.2, 0.25) is 0 Å². The van der Waals surface area contributed by atoms with Crippen molar-refractivity contribution in [2.45, 2.75) is 58.0 Å². The van der Waals surface area contributed by atoms with Crippen molar-refractivity contribution in [2.75, 3.05) is 6.61 Å². The molecule has 2 atom stereocenters. The molecule has 0 fully saturated rings. The minimum atomic E-state index is -0.860. The van der Waals surface area contributed by atoms with E-state index in [4.69, 9.17) is 4.74 Å². The van der Waals surface area contributed by atoms with Crippen LogP contribution in [0.15, 0.2) is 60.0 Å². The van der Waals surface area contributed by atoms with Crippen molar-refractivity contribution in [3.05, 3.63) is 91.9 Å². The summed E-state index contributed by atoms with van der Waals surface area (Å²) < 4.78 is 5.24. The van der Waals surface area contributed by atoms with Gasteiger partial charge in [0.1, 0.15) is 11.0 Å². The Hall–Kier alpha value is -3.79. The maximum absolute atomic E-state index is 13.5. The van der Waals surface area contributed by atoms with Gasteiger partial charge in [-0.1, -0.05) is 62.7 Å². The maximum Gasteiger partial charge on any atom is 0.407 e. The lowest BCUT2D eigenvalue weighted by Crippen LogP contribution is -2.49. The molecule has 0 saturated heterocycles. The van der Waals surface area contributed by atoms with Crippen molar-refractivity contribution in [1.29, 1.82) is 0 Å². The molecule has 0 aliphatic rings. The van der Waals surface area contributed by atoms with E-state index >= 15 is 0 Å². The largest absolute Gasteiger partial charge is 0.450 e. The Kier molecular flexibility index (Phi) is 10.6. The van der Waals surface area contributed by atoms with E-state index in [2.05, 4.69) is 15.6 Å². The monoisotopic (exact) mass is 524 g/mol. The number of alkyl carbamates (subject to hydrolysis) is 1. The summed E-state index contributed by atoms with van der Waals surface area (Å²) in [5.41, 5.74) is 2.63. The number of aromatic nitrogens is 1. The lowest BCUT2D eigenvalue weighted by molar-refractivity contribution is -0.384. The minimum absolute atomic E-state index is 0.000522. The number of carbonyl (C=O) groups excluding carboxylic acids is 2. The molecule has 2 N–H and O–H groups in total. The highest BCUT2D eigenvalue weighted by Gasteiger charge is 2.27. The second-order valence-electron chi connectivity index (χ2n) is 8.60. The lowest BCUT2D eigenvalue weighted by atomic mass is 10.0. The first-order chi connectivity index (χ1) is 17.9. The van der Waals surface area contributed by atoms with E-state index in [1.165, 1.54) is 23.5 Å². The smallest absolute Gasteiger partial charge is 0.407 e. The Labute approximate surface area is 220 Å². The van der Waals surface area contributed by atoms with Gasteiger partial charge in [-0.3, -0.25) is 14.9 Å². The van der Waals surface area contributed by atoms with Gasteiger partial charge in [0.15, 0.2) is 0 Å². The number of nitro benzene ring substituents is 1. The number of carbonyl (C=O) groups is 2. The molecule has 3 aromatic rings. The second kappa shape index (κ2) is 14.1. The quantitative estimate of drug-likeness (QED) is 0.181. The van der Waals surface area contributed by atoms with Crippen LogP contribution in [-0.2, 0) is 28.8 Å². The predicted molar refractivity (Wildman–Crippen MR) is 143 cm³/mol. The van der Waals surface area contributed by atoms with Gasteiger partial charge >= 0.3 is 6.09 Å². The summed E-state index contributed by atoms with van der Waals surface area (Å²) in [6.45, 7) is 4.29. The number of hydrogen-bond acceptors (Lipinski definition) is 7. The first kappa shape index (κ1) is 27.8. The molecule has 2 aromatic carbocycles. The van der Waals surface area contributed by atoms with Crippen LogP contribution in [0.25, 0.3) is 0 Å². The number of rotatable bonds is 13. The SMILES string of the molecule is CCCCOC(=O)N[C@@H](Cc1ccccc1)C(=O)N[C@@H](Cc1ccc([N+](=O)[O-])cc1)c1nc(CC)cs1. The molecule has 9 nitrogen and oxygen atoms in total. The van der Waals surface area contributed by atoms with E-state index in [-0.39, 0.29) is 24.6 Å². The van der Waals surface area contributed by atoms with Gasteiger partial charge in [0.2, 0.25) is 5.91 Å². The third-order valence-corrected chi connectivity index (χ3v) is 6.76. The Bertz CT molecular complexity index is 1170. The van der Waals surface area contributed by atoms with E-state index in [0.29, 0.717) is 6.42 Å². The van der Waals surface area contributed by atoms with E-state index in [1.807, 2.05) is 49.6 Å². The number of nitrogens with one attached hydrogen (secondary N) is 2. The van der Waals surface area contributed by atoms with Crippen molar-refractivity contribution in [2.24, 2.45) is 0 Å². The lowest BCUT2D eigenvalue weighted by Gasteiger charge is -2.23. The van der Waals surface area contributed by atoms with E-state index in [9.17, 15) is 19.7 Å². The van der Waals surface area contributed by atoms with Gasteiger partial charge in [-0.25, -0.2) is 9.78 Å². The fourth-order valence-electron chi connectivity index (χ4n) is 3.66. The molecule has 0 unspecified atom stereocenters. The normalized spacial score (nSPS) is 12.4. The van der Waals surface area contributed by atoms with Gasteiger partial charge < -0.3 is 15.4 Å². The third-order valence-electron chi connectivity index (χ3n) is 5.76. The zero-order valence-corrected chi connectivity index (χ0v) is 21.8. The Morgan fingerprint density at radius 1 is 1.03 bits per heavy atom. The Balaban J connectivity index is 1.81. The van der Waals surface area contributed by atoms with Gasteiger partial charge in [-0.15, -0.1) is 11.3 Å². The number of thiazole rings is 1. The molecule has 1 heterocycles. The molecule has 196 valence electrons. The van der Waals surface area contributed by atoms with Crippen LogP contribution in [0.1, 0.15) is 54.6 Å². The maximum atomic E-state index is 13.5. The van der Waals surface area contributed by atoms with Crippen molar-refractivity contribution < 1.29 is 19.2 Å². The molecular formula is C27H32N4O5S. The molecule has 0 bridgehead atoms. The summed E-state index contributed by atoms with van der Waals surface area (Å²) in [6, 6.07) is 14.3. The molecule has 0 aliphatic carbocycles. The number of unbranched alkanes of at least 4 members (excludes halogenated alkanes) is 1. The number of ether oxygens (including phenoxy) is 1. The van der Waals surface area contributed by atoms with Crippen LogP contribution in [0.4, 0.5) is 10.5 Å². The summed E-state index contributed by atoms with van der Waals surface area (Å²) in [6.07, 6.45) is 2.43. The molecule has 0 saturated carbocycles. The summed E-state index contributed by atoms with van der Waals surface area (Å²) in [5.74, 6) is -0.364. The molecule has 2 amide bonds. The van der Waals surface area contributed by atoms with Crippen molar-refractivity contribution in [1.82, 2.24) is 15.6 Å². The number of benzene rings is 2. The predicted octanol–water partition coefficient (Wildman–Crippen LogP) is 5.15. The molecule has 3 rings (SSSR count). The zero-order valence-electron chi connectivity index (χ0n) is 21.0. The van der Waals surface area contributed by atoms with Crippen LogP contribution in [0.3, 0.4) is 0 Å². The van der Waals surface area contributed by atoms with Crippen molar-refractivity contribution in [3.8, 4) is 0 Å². The van der Waals surface area contributed by atoms with Gasteiger partial charge in [0.25, 0.3) is 5.69 Å². The summed E-state index contributed by atoms with van der Waals surface area (Å²) >= 11 is 1.45. The molecule has 0 radical (unpaired) electrons.